The van der Waals surface area contributed by atoms with E-state index in [-0.39, 0.29) is 18.6 Å². The van der Waals surface area contributed by atoms with E-state index in [4.69, 9.17) is 9.47 Å². The Morgan fingerprint density at radius 1 is 0.769 bits per heavy atom. The number of hydrogen-bond acceptors (Lipinski definition) is 5. The summed E-state index contributed by atoms with van der Waals surface area (Å²) in [5.74, 6) is -1.14. The summed E-state index contributed by atoms with van der Waals surface area (Å²) in [7, 11) is 0. The predicted molar refractivity (Wildman–Crippen MR) is 98.2 cm³/mol. The van der Waals surface area contributed by atoms with Crippen molar-refractivity contribution in [1.82, 2.24) is 0 Å². The summed E-state index contributed by atoms with van der Waals surface area (Å²) in [6, 6.07) is 17.1. The van der Waals surface area contributed by atoms with Crippen LogP contribution in [0.2, 0.25) is 0 Å². The fraction of sp³-hybridized carbons (Fsp3) is 0.250. The molecule has 1 fully saturated rings. The first-order valence-corrected chi connectivity index (χ1v) is 9.14. The van der Waals surface area contributed by atoms with Crippen molar-refractivity contribution in [3.05, 3.63) is 71.8 Å². The molecule has 0 N–H and O–H groups in total. The summed E-state index contributed by atoms with van der Waals surface area (Å²) in [5, 5.41) is 0. The van der Waals surface area contributed by atoms with Gasteiger partial charge < -0.3 is 9.47 Å². The van der Waals surface area contributed by atoms with E-state index in [1.54, 1.807) is 60.7 Å². The zero-order valence-electron chi connectivity index (χ0n) is 13.8. The molecule has 0 bridgehead atoms. The molecule has 3 rings (SSSR count). The number of halogens is 1. The molecule has 0 radical (unpaired) electrons. The molecule has 6 heteroatoms. The summed E-state index contributed by atoms with van der Waals surface area (Å²) < 4.78 is 11.0. The van der Waals surface area contributed by atoms with Gasteiger partial charge in [0.2, 0.25) is 0 Å². The summed E-state index contributed by atoms with van der Waals surface area (Å²) in [5.41, 5.74) is 0.811. The van der Waals surface area contributed by atoms with Gasteiger partial charge in [-0.3, -0.25) is 4.79 Å². The van der Waals surface area contributed by atoms with Crippen LogP contribution in [0, 0.1) is 0 Å². The largest absolute Gasteiger partial charge is 0.457 e. The lowest BCUT2D eigenvalue weighted by atomic mass is 9.93. The molecule has 26 heavy (non-hydrogen) atoms. The van der Waals surface area contributed by atoms with E-state index in [9.17, 15) is 14.4 Å². The second kappa shape index (κ2) is 8.27. The molecule has 0 amide bonds. The van der Waals surface area contributed by atoms with Crippen molar-refractivity contribution < 1.29 is 23.9 Å². The maximum atomic E-state index is 12.3. The number of Topliss-reactive ketones (excluding diaryl/α,β-unsaturated/α-hetero) is 1. The van der Waals surface area contributed by atoms with Crippen LogP contribution < -0.4 is 0 Å². The molecule has 0 heterocycles. The third-order valence-corrected chi connectivity index (χ3v) is 5.28. The van der Waals surface area contributed by atoms with E-state index in [2.05, 4.69) is 15.9 Å². The fourth-order valence-corrected chi connectivity index (χ4v) is 3.36. The molecular weight excluding hydrogens is 400 g/mol. The molecule has 2 unspecified atom stereocenters. The van der Waals surface area contributed by atoms with Crippen molar-refractivity contribution in [2.24, 2.45) is 0 Å². The lowest BCUT2D eigenvalue weighted by molar-refractivity contribution is -0.126. The van der Waals surface area contributed by atoms with Gasteiger partial charge in [0.05, 0.1) is 16.0 Å². The van der Waals surface area contributed by atoms with Crippen LogP contribution in [0.5, 0.6) is 0 Å². The monoisotopic (exact) mass is 416 g/mol. The first-order valence-electron chi connectivity index (χ1n) is 8.22. The maximum Gasteiger partial charge on any atom is 0.338 e. The van der Waals surface area contributed by atoms with Crippen LogP contribution in [0.3, 0.4) is 0 Å². The SMILES string of the molecule is O=C1CC(OC(=O)c2ccccc2)C(Br)[C@H](OC(=O)c2ccccc2)C1. The summed E-state index contributed by atoms with van der Waals surface area (Å²) in [6.07, 6.45) is -1.21. The van der Waals surface area contributed by atoms with E-state index in [0.717, 1.165) is 0 Å². The Balaban J connectivity index is 1.68. The van der Waals surface area contributed by atoms with Crippen LogP contribution in [0.25, 0.3) is 0 Å². The smallest absolute Gasteiger partial charge is 0.338 e. The minimum atomic E-state index is -0.697. The molecule has 0 saturated heterocycles. The average Bonchev–Trinajstić information content (AvgIpc) is 2.66. The second-order valence-corrected chi connectivity index (χ2v) is 7.07. The number of benzene rings is 2. The highest BCUT2D eigenvalue weighted by Gasteiger charge is 2.40. The van der Waals surface area contributed by atoms with Crippen molar-refractivity contribution in [2.75, 3.05) is 0 Å². The van der Waals surface area contributed by atoms with E-state index in [1.807, 2.05) is 0 Å². The van der Waals surface area contributed by atoms with Crippen molar-refractivity contribution >= 4 is 33.7 Å². The lowest BCUT2D eigenvalue weighted by Crippen LogP contribution is -2.45. The number of rotatable bonds is 4. The van der Waals surface area contributed by atoms with Gasteiger partial charge in [-0.1, -0.05) is 52.3 Å². The molecule has 2 aromatic rings. The van der Waals surface area contributed by atoms with Crippen LogP contribution in [-0.4, -0.2) is 34.8 Å². The highest BCUT2D eigenvalue weighted by atomic mass is 79.9. The molecule has 3 atom stereocenters. The Morgan fingerprint density at radius 3 is 1.54 bits per heavy atom. The Hall–Kier alpha value is -2.47. The number of ketones is 1. The number of carbonyl (C=O) groups is 3. The topological polar surface area (TPSA) is 69.7 Å². The van der Waals surface area contributed by atoms with Crippen LogP contribution in [0.4, 0.5) is 0 Å². The Bertz CT molecular complexity index is 725. The molecule has 134 valence electrons. The highest BCUT2D eigenvalue weighted by molar-refractivity contribution is 9.09. The number of esters is 2. The maximum absolute atomic E-state index is 12.3. The first kappa shape index (κ1) is 18.3. The van der Waals surface area contributed by atoms with Gasteiger partial charge in [0.1, 0.15) is 18.0 Å². The summed E-state index contributed by atoms with van der Waals surface area (Å²) in [4.78, 5) is 36.1. The third kappa shape index (κ3) is 4.38. The normalized spacial score (nSPS) is 22.5. The average molecular weight is 417 g/mol. The van der Waals surface area contributed by atoms with Gasteiger partial charge in [-0.25, -0.2) is 9.59 Å². The standard InChI is InChI=1S/C20H17BrO5/c21-18-16(25-19(23)13-7-3-1-4-8-13)11-15(22)12-17(18)26-20(24)14-9-5-2-6-10-14/h1-10,16-18H,11-12H2/t16-,17?,18?/m1/s1. The second-order valence-electron chi connectivity index (χ2n) is 6.01. The fourth-order valence-electron chi connectivity index (χ4n) is 2.77. The summed E-state index contributed by atoms with van der Waals surface area (Å²) in [6.45, 7) is 0. The van der Waals surface area contributed by atoms with Gasteiger partial charge in [-0.15, -0.1) is 0 Å². The van der Waals surface area contributed by atoms with E-state index in [1.165, 1.54) is 0 Å². The summed E-state index contributed by atoms with van der Waals surface area (Å²) >= 11 is 3.44. The van der Waals surface area contributed by atoms with Gasteiger partial charge in [0.25, 0.3) is 0 Å². The molecule has 1 aliphatic carbocycles. The minimum Gasteiger partial charge on any atom is -0.457 e. The number of hydrogen-bond donors (Lipinski definition) is 0. The molecular formula is C20H17BrO5. The van der Waals surface area contributed by atoms with Gasteiger partial charge in [0.15, 0.2) is 0 Å². The Morgan fingerprint density at radius 2 is 1.15 bits per heavy atom. The molecule has 1 aliphatic rings. The van der Waals surface area contributed by atoms with Crippen LogP contribution in [0.1, 0.15) is 33.6 Å². The number of ether oxygens (including phenoxy) is 2. The Kier molecular flexibility index (Phi) is 5.83. The third-order valence-electron chi connectivity index (χ3n) is 4.10. The minimum absolute atomic E-state index is 0.0911. The van der Waals surface area contributed by atoms with Crippen LogP contribution >= 0.6 is 15.9 Å². The molecule has 1 saturated carbocycles. The predicted octanol–water partition coefficient (Wildman–Crippen LogP) is 3.56. The lowest BCUT2D eigenvalue weighted by Gasteiger charge is -2.32. The van der Waals surface area contributed by atoms with Crippen molar-refractivity contribution in [3.63, 3.8) is 0 Å². The molecule has 0 aliphatic heterocycles. The van der Waals surface area contributed by atoms with Gasteiger partial charge in [0, 0.05) is 12.8 Å². The molecule has 2 aromatic carbocycles. The van der Waals surface area contributed by atoms with Crippen molar-refractivity contribution in [2.45, 2.75) is 29.9 Å². The van der Waals surface area contributed by atoms with Crippen molar-refractivity contribution in [3.8, 4) is 0 Å². The highest BCUT2D eigenvalue weighted by Crippen LogP contribution is 2.29. The van der Waals surface area contributed by atoms with Crippen LogP contribution in [-0.2, 0) is 14.3 Å². The number of alkyl halides is 1. The van der Waals surface area contributed by atoms with Crippen molar-refractivity contribution in [1.29, 1.82) is 0 Å². The molecule has 0 aromatic heterocycles. The number of carbonyl (C=O) groups excluding carboxylic acids is 3. The van der Waals surface area contributed by atoms with Gasteiger partial charge >= 0.3 is 11.9 Å². The molecule has 5 nitrogen and oxygen atoms in total. The van der Waals surface area contributed by atoms with E-state index < -0.39 is 29.0 Å². The van der Waals surface area contributed by atoms with Gasteiger partial charge in [-0.2, -0.15) is 0 Å². The first-order chi connectivity index (χ1) is 12.5. The zero-order valence-corrected chi connectivity index (χ0v) is 15.4. The Labute approximate surface area is 159 Å². The van der Waals surface area contributed by atoms with E-state index >= 15 is 0 Å². The molecule has 0 spiro atoms. The quantitative estimate of drug-likeness (QED) is 0.562. The zero-order chi connectivity index (χ0) is 18.5. The van der Waals surface area contributed by atoms with Gasteiger partial charge in [-0.05, 0) is 24.3 Å². The van der Waals surface area contributed by atoms with E-state index in [0.29, 0.717) is 11.1 Å². The van der Waals surface area contributed by atoms with Crippen LogP contribution in [0.15, 0.2) is 60.7 Å².